The third-order valence-electron chi connectivity index (χ3n) is 2.38. The van der Waals surface area contributed by atoms with Gasteiger partial charge in [0.2, 0.25) is 5.91 Å². The Balaban J connectivity index is 2.64. The first-order chi connectivity index (χ1) is 8.06. The van der Waals surface area contributed by atoms with Crippen molar-refractivity contribution in [2.75, 3.05) is 13.1 Å². The van der Waals surface area contributed by atoms with Crippen LogP contribution in [0.15, 0.2) is 18.2 Å². The highest BCUT2D eigenvalue weighted by molar-refractivity contribution is 5.77. The van der Waals surface area contributed by atoms with Crippen LogP contribution in [0.25, 0.3) is 0 Å². The standard InChI is InChI=1S/C12H16F2N2O/c1-3-15-11(17)7-16-8(2)12-9(13)5-4-6-10(12)14/h4-6,8,16H,3,7H2,1-2H3,(H,15,17). The molecule has 1 aromatic carbocycles. The molecule has 0 aromatic heterocycles. The van der Waals surface area contributed by atoms with Crippen LogP contribution in [-0.4, -0.2) is 19.0 Å². The lowest BCUT2D eigenvalue weighted by Crippen LogP contribution is -2.35. The van der Waals surface area contributed by atoms with Crippen LogP contribution in [0.5, 0.6) is 0 Å². The molecule has 2 N–H and O–H groups in total. The molecule has 3 nitrogen and oxygen atoms in total. The van der Waals surface area contributed by atoms with E-state index < -0.39 is 17.7 Å². The van der Waals surface area contributed by atoms with Crippen molar-refractivity contribution in [3.05, 3.63) is 35.4 Å². The largest absolute Gasteiger partial charge is 0.355 e. The number of carbonyl (C=O) groups is 1. The van der Waals surface area contributed by atoms with E-state index in [0.717, 1.165) is 0 Å². The summed E-state index contributed by atoms with van der Waals surface area (Å²) in [6.45, 7) is 3.98. The monoisotopic (exact) mass is 242 g/mol. The van der Waals surface area contributed by atoms with E-state index in [1.165, 1.54) is 18.2 Å². The van der Waals surface area contributed by atoms with Crippen molar-refractivity contribution in [3.63, 3.8) is 0 Å². The Morgan fingerprint density at radius 1 is 1.35 bits per heavy atom. The molecule has 0 aliphatic rings. The van der Waals surface area contributed by atoms with Crippen LogP contribution in [0.3, 0.4) is 0 Å². The topological polar surface area (TPSA) is 41.1 Å². The van der Waals surface area contributed by atoms with Gasteiger partial charge in [0, 0.05) is 18.2 Å². The van der Waals surface area contributed by atoms with E-state index in [1.807, 2.05) is 0 Å². The summed E-state index contributed by atoms with van der Waals surface area (Å²) in [4.78, 5) is 11.2. The van der Waals surface area contributed by atoms with Crippen molar-refractivity contribution in [2.45, 2.75) is 19.9 Å². The Labute approximate surface area is 99.2 Å². The van der Waals surface area contributed by atoms with Crippen LogP contribution in [0.2, 0.25) is 0 Å². The SMILES string of the molecule is CCNC(=O)CNC(C)c1c(F)cccc1F. The zero-order valence-corrected chi connectivity index (χ0v) is 9.89. The molecule has 17 heavy (non-hydrogen) atoms. The van der Waals surface area contributed by atoms with Gasteiger partial charge in [0.05, 0.1) is 6.54 Å². The first-order valence-corrected chi connectivity index (χ1v) is 5.50. The van der Waals surface area contributed by atoms with Crippen molar-refractivity contribution in [3.8, 4) is 0 Å². The average molecular weight is 242 g/mol. The van der Waals surface area contributed by atoms with E-state index in [-0.39, 0.29) is 18.0 Å². The zero-order valence-electron chi connectivity index (χ0n) is 9.89. The van der Waals surface area contributed by atoms with E-state index in [0.29, 0.717) is 6.54 Å². The van der Waals surface area contributed by atoms with E-state index in [2.05, 4.69) is 10.6 Å². The van der Waals surface area contributed by atoms with Crippen LogP contribution in [0, 0.1) is 11.6 Å². The van der Waals surface area contributed by atoms with Gasteiger partial charge in [-0.2, -0.15) is 0 Å². The van der Waals surface area contributed by atoms with E-state index >= 15 is 0 Å². The Kier molecular flexibility index (Phi) is 5.03. The smallest absolute Gasteiger partial charge is 0.233 e. The van der Waals surface area contributed by atoms with Gasteiger partial charge in [-0.15, -0.1) is 0 Å². The Morgan fingerprint density at radius 2 is 1.94 bits per heavy atom. The second-order valence-electron chi connectivity index (χ2n) is 3.69. The van der Waals surface area contributed by atoms with Crippen molar-refractivity contribution < 1.29 is 13.6 Å². The number of nitrogens with one attached hydrogen (secondary N) is 2. The molecule has 1 aromatic rings. The number of carbonyl (C=O) groups excluding carboxylic acids is 1. The maximum absolute atomic E-state index is 13.4. The Bertz CT molecular complexity index is 376. The molecule has 0 aliphatic carbocycles. The molecule has 0 saturated carbocycles. The van der Waals surface area contributed by atoms with Crippen LogP contribution in [-0.2, 0) is 4.79 Å². The minimum absolute atomic E-state index is 0.0305. The van der Waals surface area contributed by atoms with Gasteiger partial charge in [0.15, 0.2) is 0 Å². The van der Waals surface area contributed by atoms with Gasteiger partial charge in [0.1, 0.15) is 11.6 Å². The third kappa shape index (κ3) is 3.78. The van der Waals surface area contributed by atoms with Gasteiger partial charge in [0.25, 0.3) is 0 Å². The predicted molar refractivity (Wildman–Crippen MR) is 61.5 cm³/mol. The zero-order chi connectivity index (χ0) is 12.8. The van der Waals surface area contributed by atoms with Gasteiger partial charge in [-0.3, -0.25) is 4.79 Å². The van der Waals surface area contributed by atoms with Crippen LogP contribution < -0.4 is 10.6 Å². The lowest BCUT2D eigenvalue weighted by molar-refractivity contribution is -0.120. The van der Waals surface area contributed by atoms with Crippen molar-refractivity contribution >= 4 is 5.91 Å². The lowest BCUT2D eigenvalue weighted by Gasteiger charge is -2.15. The van der Waals surface area contributed by atoms with Gasteiger partial charge < -0.3 is 10.6 Å². The van der Waals surface area contributed by atoms with Crippen molar-refractivity contribution in [2.24, 2.45) is 0 Å². The molecule has 1 unspecified atom stereocenters. The van der Waals surface area contributed by atoms with E-state index in [4.69, 9.17) is 0 Å². The highest BCUT2D eigenvalue weighted by Crippen LogP contribution is 2.19. The van der Waals surface area contributed by atoms with Crippen molar-refractivity contribution in [1.29, 1.82) is 0 Å². The molecule has 0 fully saturated rings. The van der Waals surface area contributed by atoms with Crippen LogP contribution >= 0.6 is 0 Å². The fraction of sp³-hybridized carbons (Fsp3) is 0.417. The number of hydrogen-bond acceptors (Lipinski definition) is 2. The number of halogens is 2. The molecule has 0 spiro atoms. The summed E-state index contributed by atoms with van der Waals surface area (Å²) in [7, 11) is 0. The van der Waals surface area contributed by atoms with Crippen molar-refractivity contribution in [1.82, 2.24) is 10.6 Å². The number of rotatable bonds is 5. The fourth-order valence-electron chi connectivity index (χ4n) is 1.53. The van der Waals surface area contributed by atoms with Gasteiger partial charge in [-0.25, -0.2) is 8.78 Å². The number of amides is 1. The van der Waals surface area contributed by atoms with Gasteiger partial charge in [-0.1, -0.05) is 6.07 Å². The average Bonchev–Trinajstić information content (AvgIpc) is 2.26. The normalized spacial score (nSPS) is 12.2. The Hall–Kier alpha value is -1.49. The Morgan fingerprint density at radius 3 is 2.47 bits per heavy atom. The fourth-order valence-corrected chi connectivity index (χ4v) is 1.53. The van der Waals surface area contributed by atoms with Crippen LogP contribution in [0.1, 0.15) is 25.5 Å². The molecular weight excluding hydrogens is 226 g/mol. The molecule has 1 rings (SSSR count). The molecule has 0 bridgehead atoms. The highest BCUT2D eigenvalue weighted by Gasteiger charge is 2.15. The molecule has 0 saturated heterocycles. The van der Waals surface area contributed by atoms with Gasteiger partial charge in [-0.05, 0) is 26.0 Å². The lowest BCUT2D eigenvalue weighted by atomic mass is 10.1. The maximum Gasteiger partial charge on any atom is 0.233 e. The first-order valence-electron chi connectivity index (χ1n) is 5.50. The van der Waals surface area contributed by atoms with E-state index in [9.17, 15) is 13.6 Å². The molecule has 1 atom stereocenters. The second-order valence-corrected chi connectivity index (χ2v) is 3.69. The molecule has 0 aliphatic heterocycles. The first kappa shape index (κ1) is 13.6. The maximum atomic E-state index is 13.4. The molecule has 0 radical (unpaired) electrons. The summed E-state index contributed by atoms with van der Waals surface area (Å²) in [6.07, 6.45) is 0. The second kappa shape index (κ2) is 6.30. The number of hydrogen-bond donors (Lipinski definition) is 2. The summed E-state index contributed by atoms with van der Waals surface area (Å²) in [5.41, 5.74) is -0.0446. The molecule has 5 heteroatoms. The molecule has 94 valence electrons. The molecule has 1 amide bonds. The van der Waals surface area contributed by atoms with Crippen LogP contribution in [0.4, 0.5) is 8.78 Å². The molecule has 0 heterocycles. The van der Waals surface area contributed by atoms with Gasteiger partial charge >= 0.3 is 0 Å². The summed E-state index contributed by atoms with van der Waals surface area (Å²) >= 11 is 0. The highest BCUT2D eigenvalue weighted by atomic mass is 19.1. The predicted octanol–water partition coefficient (Wildman–Crippen LogP) is 1.75. The number of likely N-dealkylation sites (N-methyl/N-ethyl adjacent to an activating group) is 1. The summed E-state index contributed by atoms with van der Waals surface area (Å²) in [6, 6.07) is 3.15. The van der Waals surface area contributed by atoms with E-state index in [1.54, 1.807) is 13.8 Å². The summed E-state index contributed by atoms with van der Waals surface area (Å²) in [5, 5.41) is 5.37. The molecular formula is C12H16F2N2O. The summed E-state index contributed by atoms with van der Waals surface area (Å²) < 4.78 is 26.8. The quantitative estimate of drug-likeness (QED) is 0.826. The minimum Gasteiger partial charge on any atom is -0.355 e. The number of benzene rings is 1. The minimum atomic E-state index is -0.610. The third-order valence-corrected chi connectivity index (χ3v) is 2.38. The summed E-state index contributed by atoms with van der Waals surface area (Å²) in [5.74, 6) is -1.42.